The van der Waals surface area contributed by atoms with Crippen molar-refractivity contribution in [1.29, 1.82) is 0 Å². The lowest BCUT2D eigenvalue weighted by molar-refractivity contribution is 0.122. The number of nitrogens with zero attached hydrogens (tertiary/aromatic N) is 2. The fourth-order valence-electron chi connectivity index (χ4n) is 2.88. The lowest BCUT2D eigenvalue weighted by atomic mass is 10.2. The first-order chi connectivity index (χ1) is 12.0. The Morgan fingerprint density at radius 3 is 2.24 bits per heavy atom. The molecule has 0 amide bonds. The molecule has 1 fully saturated rings. The van der Waals surface area contributed by atoms with Crippen LogP contribution >= 0.6 is 0 Å². The summed E-state index contributed by atoms with van der Waals surface area (Å²) in [6.45, 7) is 3.67. The second-order valence-corrected chi connectivity index (χ2v) is 8.34. The zero-order valence-corrected chi connectivity index (χ0v) is 15.3. The van der Waals surface area contributed by atoms with Crippen LogP contribution in [0.4, 0.5) is 5.69 Å². The molecule has 0 N–H and O–H groups in total. The fraction of sp³-hybridized carbons (Fsp3) is 0.368. The van der Waals surface area contributed by atoms with Crippen LogP contribution in [0.15, 0.2) is 54.6 Å². The van der Waals surface area contributed by atoms with E-state index >= 15 is 0 Å². The van der Waals surface area contributed by atoms with Crippen molar-refractivity contribution in [2.45, 2.75) is 12.3 Å². The van der Waals surface area contributed by atoms with E-state index in [9.17, 15) is 8.42 Å². The molecular formula is C19H24N2O3S. The van der Waals surface area contributed by atoms with Crippen LogP contribution in [-0.4, -0.2) is 46.1 Å². The van der Waals surface area contributed by atoms with E-state index in [1.807, 2.05) is 42.5 Å². The van der Waals surface area contributed by atoms with Crippen LogP contribution in [0.3, 0.4) is 0 Å². The summed E-state index contributed by atoms with van der Waals surface area (Å²) in [6.07, 6.45) is 0. The first kappa shape index (κ1) is 17.9. The highest BCUT2D eigenvalue weighted by atomic mass is 32.2. The number of morpholine rings is 1. The molecule has 0 aromatic heterocycles. The summed E-state index contributed by atoms with van der Waals surface area (Å²) in [7, 11) is -1.70. The van der Waals surface area contributed by atoms with E-state index in [2.05, 4.69) is 17.0 Å². The summed E-state index contributed by atoms with van der Waals surface area (Å²) in [5.74, 6) is 0.0240. The lowest BCUT2D eigenvalue weighted by Gasteiger charge is -2.29. The van der Waals surface area contributed by atoms with E-state index < -0.39 is 10.0 Å². The molecule has 0 bridgehead atoms. The third-order valence-electron chi connectivity index (χ3n) is 4.38. The highest BCUT2D eigenvalue weighted by Gasteiger charge is 2.19. The molecule has 0 radical (unpaired) electrons. The molecule has 0 spiro atoms. The lowest BCUT2D eigenvalue weighted by Crippen LogP contribution is -2.36. The zero-order valence-electron chi connectivity index (χ0n) is 14.5. The second-order valence-electron chi connectivity index (χ2n) is 6.26. The molecule has 6 heteroatoms. The zero-order chi connectivity index (χ0) is 17.7. The number of ether oxygens (including phenoxy) is 1. The van der Waals surface area contributed by atoms with Gasteiger partial charge in [-0.1, -0.05) is 42.5 Å². The Balaban J connectivity index is 1.62. The molecule has 1 heterocycles. The molecule has 1 saturated heterocycles. The molecule has 25 heavy (non-hydrogen) atoms. The quantitative estimate of drug-likeness (QED) is 0.794. The Labute approximate surface area is 149 Å². The van der Waals surface area contributed by atoms with Crippen LogP contribution in [0.2, 0.25) is 0 Å². The van der Waals surface area contributed by atoms with Crippen molar-refractivity contribution < 1.29 is 13.2 Å². The first-order valence-electron chi connectivity index (χ1n) is 8.44. The van der Waals surface area contributed by atoms with E-state index in [0.29, 0.717) is 6.54 Å². The number of hydrogen-bond acceptors (Lipinski definition) is 4. The van der Waals surface area contributed by atoms with Crippen molar-refractivity contribution in [2.75, 3.05) is 38.3 Å². The number of rotatable bonds is 6. The number of benzene rings is 2. The van der Waals surface area contributed by atoms with Gasteiger partial charge in [-0.25, -0.2) is 12.7 Å². The van der Waals surface area contributed by atoms with Gasteiger partial charge in [0.1, 0.15) is 0 Å². The number of anilines is 1. The third kappa shape index (κ3) is 4.81. The predicted molar refractivity (Wildman–Crippen MR) is 100 cm³/mol. The highest BCUT2D eigenvalue weighted by molar-refractivity contribution is 7.88. The average Bonchev–Trinajstić information content (AvgIpc) is 2.63. The molecule has 1 aliphatic rings. The standard InChI is InChI=1S/C19H24N2O3S/c1-20(25(22,23)16-18-5-3-2-4-6-18)15-17-7-9-19(10-8-17)21-11-13-24-14-12-21/h2-10H,11-16H2,1H3. The van der Waals surface area contributed by atoms with E-state index in [4.69, 9.17) is 4.74 Å². The maximum Gasteiger partial charge on any atom is 0.218 e. The number of sulfonamides is 1. The Morgan fingerprint density at radius 2 is 1.60 bits per heavy atom. The van der Waals surface area contributed by atoms with Crippen molar-refractivity contribution in [3.8, 4) is 0 Å². The first-order valence-corrected chi connectivity index (χ1v) is 10.0. The van der Waals surface area contributed by atoms with E-state index in [1.54, 1.807) is 7.05 Å². The molecule has 0 saturated carbocycles. The van der Waals surface area contributed by atoms with Gasteiger partial charge in [0.25, 0.3) is 0 Å². The summed E-state index contributed by atoms with van der Waals surface area (Å²) in [4.78, 5) is 2.28. The van der Waals surface area contributed by atoms with Crippen LogP contribution in [-0.2, 0) is 27.1 Å². The summed E-state index contributed by atoms with van der Waals surface area (Å²) in [6, 6.07) is 17.4. The van der Waals surface area contributed by atoms with Gasteiger partial charge in [-0.05, 0) is 23.3 Å². The minimum absolute atomic E-state index is 0.0240. The van der Waals surface area contributed by atoms with E-state index in [0.717, 1.165) is 43.1 Å². The Hall–Kier alpha value is -1.89. The molecule has 134 valence electrons. The van der Waals surface area contributed by atoms with Gasteiger partial charge in [-0.2, -0.15) is 0 Å². The molecule has 3 rings (SSSR count). The van der Waals surface area contributed by atoms with Crippen LogP contribution in [0.1, 0.15) is 11.1 Å². The van der Waals surface area contributed by atoms with Gasteiger partial charge in [-0.3, -0.25) is 0 Å². The highest BCUT2D eigenvalue weighted by Crippen LogP contribution is 2.18. The van der Waals surface area contributed by atoms with Crippen LogP contribution in [0.5, 0.6) is 0 Å². The van der Waals surface area contributed by atoms with Crippen molar-refractivity contribution in [3.05, 3.63) is 65.7 Å². The minimum Gasteiger partial charge on any atom is -0.378 e. The van der Waals surface area contributed by atoms with Gasteiger partial charge in [0.15, 0.2) is 0 Å². The van der Waals surface area contributed by atoms with Crippen molar-refractivity contribution in [3.63, 3.8) is 0 Å². The molecule has 0 atom stereocenters. The van der Waals surface area contributed by atoms with E-state index in [1.165, 1.54) is 4.31 Å². The Morgan fingerprint density at radius 1 is 0.960 bits per heavy atom. The normalized spacial score (nSPS) is 15.5. The van der Waals surface area contributed by atoms with Crippen molar-refractivity contribution >= 4 is 15.7 Å². The molecule has 0 aliphatic carbocycles. The molecule has 0 unspecified atom stereocenters. The van der Waals surface area contributed by atoms with Crippen LogP contribution < -0.4 is 4.90 Å². The Bertz CT molecular complexity index is 770. The maximum absolute atomic E-state index is 12.5. The fourth-order valence-corrected chi connectivity index (χ4v) is 4.06. The van der Waals surface area contributed by atoms with Gasteiger partial charge < -0.3 is 9.64 Å². The molecular weight excluding hydrogens is 336 g/mol. The maximum atomic E-state index is 12.5. The van der Waals surface area contributed by atoms with Gasteiger partial charge in [0.05, 0.1) is 19.0 Å². The van der Waals surface area contributed by atoms with Gasteiger partial charge >= 0.3 is 0 Å². The molecule has 1 aliphatic heterocycles. The molecule has 2 aromatic rings. The van der Waals surface area contributed by atoms with E-state index in [-0.39, 0.29) is 5.75 Å². The third-order valence-corrected chi connectivity index (χ3v) is 6.16. The topological polar surface area (TPSA) is 49.9 Å². The van der Waals surface area contributed by atoms with Crippen LogP contribution in [0, 0.1) is 0 Å². The SMILES string of the molecule is CN(Cc1ccc(N2CCOCC2)cc1)S(=O)(=O)Cc1ccccc1. The summed E-state index contributed by atoms with van der Waals surface area (Å²) < 4.78 is 31.8. The van der Waals surface area contributed by atoms with Crippen molar-refractivity contribution in [2.24, 2.45) is 0 Å². The van der Waals surface area contributed by atoms with Crippen molar-refractivity contribution in [1.82, 2.24) is 4.31 Å². The molecule has 2 aromatic carbocycles. The second kappa shape index (κ2) is 7.99. The largest absolute Gasteiger partial charge is 0.378 e. The summed E-state index contributed by atoms with van der Waals surface area (Å²) >= 11 is 0. The van der Waals surface area contributed by atoms with Gasteiger partial charge in [0, 0.05) is 32.4 Å². The summed E-state index contributed by atoms with van der Waals surface area (Å²) in [5, 5.41) is 0. The van der Waals surface area contributed by atoms with Crippen LogP contribution in [0.25, 0.3) is 0 Å². The van der Waals surface area contributed by atoms with Gasteiger partial charge in [0.2, 0.25) is 10.0 Å². The predicted octanol–water partition coefficient (Wildman–Crippen LogP) is 2.49. The minimum atomic E-state index is -3.34. The summed E-state index contributed by atoms with van der Waals surface area (Å²) in [5.41, 5.74) is 2.94. The Kier molecular flexibility index (Phi) is 5.73. The average molecular weight is 360 g/mol. The monoisotopic (exact) mass is 360 g/mol. The number of hydrogen-bond donors (Lipinski definition) is 0. The van der Waals surface area contributed by atoms with Gasteiger partial charge in [-0.15, -0.1) is 0 Å². The molecule has 5 nitrogen and oxygen atoms in total. The smallest absolute Gasteiger partial charge is 0.218 e.